The molecule has 0 saturated heterocycles. The van der Waals surface area contributed by atoms with E-state index in [1.165, 1.54) is 7.11 Å². The zero-order chi connectivity index (χ0) is 18.5. The average molecular weight is 352 g/mol. The van der Waals surface area contributed by atoms with Crippen molar-refractivity contribution in [1.29, 1.82) is 0 Å². The van der Waals surface area contributed by atoms with Gasteiger partial charge in [0.2, 0.25) is 0 Å². The molecule has 1 heterocycles. The molecule has 0 fully saturated rings. The van der Waals surface area contributed by atoms with Gasteiger partial charge in [0.25, 0.3) is 5.91 Å². The third-order valence-corrected chi connectivity index (χ3v) is 3.66. The number of nitrogens with two attached hydrogens (primary N) is 1. The molecule has 0 radical (unpaired) electrons. The molecule has 1 aromatic heterocycles. The number of hydrogen-bond acceptors (Lipinski definition) is 6. The Morgan fingerprint density at radius 1 is 1.12 bits per heavy atom. The Morgan fingerprint density at radius 3 is 2.58 bits per heavy atom. The fourth-order valence-electron chi connectivity index (χ4n) is 2.39. The van der Waals surface area contributed by atoms with E-state index in [2.05, 4.69) is 15.4 Å². The number of aromatic amines is 1. The maximum Gasteiger partial charge on any atom is 0.337 e. The Bertz CT molecular complexity index is 934. The van der Waals surface area contributed by atoms with Gasteiger partial charge in [-0.25, -0.2) is 4.79 Å². The summed E-state index contributed by atoms with van der Waals surface area (Å²) < 4.78 is 10.4. The van der Waals surface area contributed by atoms with Crippen molar-refractivity contribution in [2.45, 2.75) is 6.61 Å². The van der Waals surface area contributed by atoms with Gasteiger partial charge in [-0.3, -0.25) is 4.79 Å². The number of H-pyrrole nitrogens is 1. The number of hydrogen-bond donors (Lipinski definition) is 2. The second-order valence-corrected chi connectivity index (χ2v) is 5.39. The minimum Gasteiger partial charge on any atom is -0.489 e. The molecule has 0 saturated carbocycles. The lowest BCUT2D eigenvalue weighted by Gasteiger charge is -2.08. The number of rotatable bonds is 6. The summed E-state index contributed by atoms with van der Waals surface area (Å²) in [4.78, 5) is 22.9. The highest BCUT2D eigenvalue weighted by molar-refractivity contribution is 5.96. The summed E-state index contributed by atoms with van der Waals surface area (Å²) in [6, 6.07) is 14.0. The van der Waals surface area contributed by atoms with Crippen LogP contribution in [0.25, 0.3) is 11.3 Å². The van der Waals surface area contributed by atoms with Gasteiger partial charge >= 0.3 is 5.97 Å². The number of aromatic nitrogens is 3. The minimum atomic E-state index is -0.653. The molecule has 8 heteroatoms. The van der Waals surface area contributed by atoms with Crippen molar-refractivity contribution in [3.63, 3.8) is 0 Å². The summed E-state index contributed by atoms with van der Waals surface area (Å²) in [7, 11) is 1.34. The number of primary amides is 1. The van der Waals surface area contributed by atoms with E-state index in [-0.39, 0.29) is 5.69 Å². The number of carbonyl (C=O) groups is 2. The summed E-state index contributed by atoms with van der Waals surface area (Å²) in [5.41, 5.74) is 7.72. The van der Waals surface area contributed by atoms with Gasteiger partial charge in [0.05, 0.1) is 12.7 Å². The van der Waals surface area contributed by atoms with Crippen molar-refractivity contribution in [3.05, 3.63) is 65.4 Å². The van der Waals surface area contributed by atoms with E-state index in [1.54, 1.807) is 42.5 Å². The molecular weight excluding hydrogens is 336 g/mol. The van der Waals surface area contributed by atoms with Crippen LogP contribution >= 0.6 is 0 Å². The topological polar surface area (TPSA) is 120 Å². The molecule has 3 N–H and O–H groups in total. The molecule has 2 aromatic carbocycles. The van der Waals surface area contributed by atoms with Gasteiger partial charge in [-0.2, -0.15) is 15.4 Å². The lowest BCUT2D eigenvalue weighted by Crippen LogP contribution is -2.12. The van der Waals surface area contributed by atoms with Gasteiger partial charge in [-0.1, -0.05) is 12.1 Å². The molecule has 8 nitrogen and oxygen atoms in total. The number of benzene rings is 2. The number of carbonyl (C=O) groups excluding carboxylic acids is 2. The van der Waals surface area contributed by atoms with Gasteiger partial charge in [0, 0.05) is 5.56 Å². The van der Waals surface area contributed by atoms with Crippen LogP contribution in [0.3, 0.4) is 0 Å². The number of nitrogens with one attached hydrogen (secondary N) is 1. The smallest absolute Gasteiger partial charge is 0.337 e. The van der Waals surface area contributed by atoms with E-state index in [1.807, 2.05) is 6.07 Å². The zero-order valence-corrected chi connectivity index (χ0v) is 13.9. The zero-order valence-electron chi connectivity index (χ0n) is 13.9. The summed E-state index contributed by atoms with van der Waals surface area (Å²) in [5.74, 6) is -0.421. The lowest BCUT2D eigenvalue weighted by atomic mass is 10.1. The molecule has 0 unspecified atom stereocenters. The van der Waals surface area contributed by atoms with Crippen molar-refractivity contribution in [1.82, 2.24) is 15.4 Å². The van der Waals surface area contributed by atoms with Crippen LogP contribution in [-0.4, -0.2) is 34.4 Å². The van der Waals surface area contributed by atoms with Crippen LogP contribution in [0.15, 0.2) is 48.5 Å². The van der Waals surface area contributed by atoms with Crippen molar-refractivity contribution in [2.75, 3.05) is 7.11 Å². The van der Waals surface area contributed by atoms with E-state index in [0.29, 0.717) is 29.2 Å². The van der Waals surface area contributed by atoms with Crippen molar-refractivity contribution >= 4 is 11.9 Å². The van der Waals surface area contributed by atoms with Crippen molar-refractivity contribution in [3.8, 4) is 17.0 Å². The first-order chi connectivity index (χ1) is 12.6. The predicted molar refractivity (Wildman–Crippen MR) is 92.5 cm³/mol. The molecule has 0 atom stereocenters. The average Bonchev–Trinajstić information content (AvgIpc) is 3.16. The van der Waals surface area contributed by atoms with Gasteiger partial charge in [0.15, 0.2) is 5.69 Å². The van der Waals surface area contributed by atoms with Crippen LogP contribution < -0.4 is 10.5 Å². The third-order valence-electron chi connectivity index (χ3n) is 3.66. The number of esters is 1. The van der Waals surface area contributed by atoms with E-state index in [0.717, 1.165) is 5.56 Å². The normalized spacial score (nSPS) is 10.3. The highest BCUT2D eigenvalue weighted by Gasteiger charge is 2.15. The lowest BCUT2D eigenvalue weighted by molar-refractivity contribution is 0.0600. The second kappa shape index (κ2) is 7.47. The SMILES string of the molecule is COC(=O)c1cccc(COc2ccc(-c3n[nH]nc3C(N)=O)cc2)c1. The van der Waals surface area contributed by atoms with Crippen LogP contribution in [0.2, 0.25) is 0 Å². The first-order valence-electron chi connectivity index (χ1n) is 7.69. The van der Waals surface area contributed by atoms with Crippen molar-refractivity contribution in [2.24, 2.45) is 5.73 Å². The maximum atomic E-state index is 11.6. The largest absolute Gasteiger partial charge is 0.489 e. The van der Waals surface area contributed by atoms with Crippen LogP contribution in [0.1, 0.15) is 26.4 Å². The molecule has 1 amide bonds. The standard InChI is InChI=1S/C18H16N4O4/c1-25-18(24)13-4-2-3-11(9-13)10-26-14-7-5-12(6-8-14)15-16(17(19)23)21-22-20-15/h2-9H,10H2,1H3,(H2,19,23)(H,20,21,22). The van der Waals surface area contributed by atoms with Gasteiger partial charge in [0.1, 0.15) is 18.1 Å². The van der Waals surface area contributed by atoms with E-state index < -0.39 is 11.9 Å². The second-order valence-electron chi connectivity index (χ2n) is 5.39. The highest BCUT2D eigenvalue weighted by atomic mass is 16.5. The fourth-order valence-corrected chi connectivity index (χ4v) is 2.39. The Hall–Kier alpha value is -3.68. The van der Waals surface area contributed by atoms with Crippen LogP contribution in [0, 0.1) is 0 Å². The summed E-state index contributed by atoms with van der Waals surface area (Å²) >= 11 is 0. The molecule has 0 aliphatic heterocycles. The molecule has 0 aliphatic rings. The number of nitrogens with zero attached hydrogens (tertiary/aromatic N) is 2. The summed E-state index contributed by atoms with van der Waals surface area (Å²) in [5, 5.41) is 10.1. The number of methoxy groups -OCH3 is 1. The molecule has 0 aliphatic carbocycles. The Balaban J connectivity index is 1.69. The molecule has 0 bridgehead atoms. The molecule has 132 valence electrons. The molecule has 3 aromatic rings. The summed E-state index contributed by atoms with van der Waals surface area (Å²) in [6.45, 7) is 0.292. The van der Waals surface area contributed by atoms with Gasteiger partial charge < -0.3 is 15.2 Å². The molecule has 26 heavy (non-hydrogen) atoms. The Labute approximate surface area is 148 Å². The maximum absolute atomic E-state index is 11.6. The quantitative estimate of drug-likeness (QED) is 0.654. The van der Waals surface area contributed by atoms with E-state index >= 15 is 0 Å². The Morgan fingerprint density at radius 2 is 1.88 bits per heavy atom. The first kappa shape index (κ1) is 17.2. The fraction of sp³-hybridized carbons (Fsp3) is 0.111. The van der Waals surface area contributed by atoms with E-state index in [4.69, 9.17) is 15.2 Å². The van der Waals surface area contributed by atoms with Gasteiger partial charge in [-0.15, -0.1) is 0 Å². The molecule has 3 rings (SSSR count). The summed E-state index contributed by atoms with van der Waals surface area (Å²) in [6.07, 6.45) is 0. The predicted octanol–water partition coefficient (Wildman–Crippen LogP) is 1.94. The minimum absolute atomic E-state index is 0.0818. The van der Waals surface area contributed by atoms with Crippen LogP contribution in [0.4, 0.5) is 0 Å². The van der Waals surface area contributed by atoms with Gasteiger partial charge in [-0.05, 0) is 42.0 Å². The molecule has 0 spiro atoms. The number of ether oxygens (including phenoxy) is 2. The monoisotopic (exact) mass is 352 g/mol. The highest BCUT2D eigenvalue weighted by Crippen LogP contribution is 2.23. The molecular formula is C18H16N4O4. The van der Waals surface area contributed by atoms with Crippen LogP contribution in [-0.2, 0) is 11.3 Å². The number of amides is 1. The van der Waals surface area contributed by atoms with E-state index in [9.17, 15) is 9.59 Å². The third kappa shape index (κ3) is 3.69. The van der Waals surface area contributed by atoms with Crippen LogP contribution in [0.5, 0.6) is 5.75 Å². The first-order valence-corrected chi connectivity index (χ1v) is 7.69. The Kier molecular flexibility index (Phi) is 4.93. The van der Waals surface area contributed by atoms with Crippen molar-refractivity contribution < 1.29 is 19.1 Å².